The number of rotatable bonds is 13. The Labute approximate surface area is 215 Å². The van der Waals surface area contributed by atoms with Gasteiger partial charge in [0.25, 0.3) is 5.91 Å². The second kappa shape index (κ2) is 13.5. The average molecular weight is 534 g/mol. The van der Waals surface area contributed by atoms with Crippen molar-refractivity contribution in [3.8, 4) is 11.5 Å². The molecule has 1 atom stereocenters. The Morgan fingerprint density at radius 3 is 2.62 bits per heavy atom. The molecule has 6 N–H and O–H groups in total. The molecular formula is C24H31N5O7S. The van der Waals surface area contributed by atoms with Crippen molar-refractivity contribution >= 4 is 27.9 Å². The number of aliphatic imine (C=N–C) groups is 1. The van der Waals surface area contributed by atoms with Gasteiger partial charge in [0.1, 0.15) is 17.5 Å². The number of benzene rings is 2. The highest BCUT2D eigenvalue weighted by molar-refractivity contribution is 7.89. The summed E-state index contributed by atoms with van der Waals surface area (Å²) >= 11 is 0. The minimum Gasteiger partial charge on any atom is -0.507 e. The molecule has 12 nitrogen and oxygen atoms in total. The molecule has 0 aromatic heterocycles. The van der Waals surface area contributed by atoms with E-state index >= 15 is 0 Å². The summed E-state index contributed by atoms with van der Waals surface area (Å²) in [5.74, 6) is -1.42. The first-order chi connectivity index (χ1) is 17.8. The maximum absolute atomic E-state index is 12.6. The van der Waals surface area contributed by atoms with E-state index in [0.29, 0.717) is 12.4 Å². The van der Waals surface area contributed by atoms with E-state index in [-0.39, 0.29) is 16.2 Å². The van der Waals surface area contributed by atoms with Crippen molar-refractivity contribution in [2.24, 2.45) is 4.99 Å². The summed E-state index contributed by atoms with van der Waals surface area (Å²) in [7, 11) is -4.12. The summed E-state index contributed by atoms with van der Waals surface area (Å²) in [6.45, 7) is 2.30. The van der Waals surface area contributed by atoms with Crippen LogP contribution in [-0.2, 0) is 14.8 Å². The highest BCUT2D eigenvalue weighted by atomic mass is 32.2. The van der Waals surface area contributed by atoms with Crippen LogP contribution in [0.2, 0.25) is 0 Å². The monoisotopic (exact) mass is 533 g/mol. The van der Waals surface area contributed by atoms with Crippen molar-refractivity contribution in [1.82, 2.24) is 20.7 Å². The topological polar surface area (TPSA) is 178 Å². The number of hydrogen-bond donors (Lipinski definition) is 6. The first kappa shape index (κ1) is 27.7. The van der Waals surface area contributed by atoms with Gasteiger partial charge in [0.05, 0.1) is 17.1 Å². The van der Waals surface area contributed by atoms with Gasteiger partial charge in [0.15, 0.2) is 5.96 Å². The van der Waals surface area contributed by atoms with Gasteiger partial charge in [-0.05, 0) is 49.6 Å². The highest BCUT2D eigenvalue weighted by Crippen LogP contribution is 2.23. The van der Waals surface area contributed by atoms with Crippen LogP contribution < -0.4 is 25.4 Å². The molecule has 0 saturated carbocycles. The van der Waals surface area contributed by atoms with Crippen LogP contribution in [0.1, 0.15) is 29.6 Å². The molecule has 37 heavy (non-hydrogen) atoms. The molecule has 0 fully saturated rings. The van der Waals surface area contributed by atoms with E-state index in [1.807, 2.05) is 0 Å². The smallest absolute Gasteiger partial charge is 0.323 e. The lowest BCUT2D eigenvalue weighted by atomic mass is 10.1. The summed E-state index contributed by atoms with van der Waals surface area (Å²) in [5, 5.41) is 28.3. The Balaban J connectivity index is 1.49. The molecule has 200 valence electrons. The molecule has 0 saturated heterocycles. The fourth-order valence-electron chi connectivity index (χ4n) is 3.39. The van der Waals surface area contributed by atoms with Gasteiger partial charge in [-0.25, -0.2) is 8.42 Å². The van der Waals surface area contributed by atoms with Crippen LogP contribution in [0.4, 0.5) is 0 Å². The van der Waals surface area contributed by atoms with Crippen LogP contribution in [0, 0.1) is 0 Å². The lowest BCUT2D eigenvalue weighted by Gasteiger charge is -2.16. The second-order valence-electron chi connectivity index (χ2n) is 8.21. The van der Waals surface area contributed by atoms with Crippen LogP contribution in [0.5, 0.6) is 11.5 Å². The average Bonchev–Trinajstić information content (AvgIpc) is 2.90. The summed E-state index contributed by atoms with van der Waals surface area (Å²) in [5.41, 5.74) is -0.129. The summed E-state index contributed by atoms with van der Waals surface area (Å²) in [6.07, 6.45) is 2.60. The fraction of sp³-hybridized carbons (Fsp3) is 0.375. The molecule has 0 aliphatic carbocycles. The van der Waals surface area contributed by atoms with Crippen molar-refractivity contribution in [2.45, 2.75) is 30.2 Å². The molecule has 1 aliphatic heterocycles. The molecule has 1 heterocycles. The Morgan fingerprint density at radius 1 is 1.14 bits per heavy atom. The number of aliphatic carboxylic acids is 1. The molecule has 1 aliphatic rings. The molecule has 13 heteroatoms. The SMILES string of the molecule is O=C(NC[C@H](NS(=O)(=O)c1ccccc1)C(=O)O)c1cc(OCCCCNC2=NCCCN2)ccc1O. The van der Waals surface area contributed by atoms with Crippen LogP contribution >= 0.6 is 0 Å². The van der Waals surface area contributed by atoms with Gasteiger partial charge in [-0.2, -0.15) is 4.72 Å². The lowest BCUT2D eigenvalue weighted by Crippen LogP contribution is -2.48. The van der Waals surface area contributed by atoms with Crippen molar-refractivity contribution in [2.75, 3.05) is 32.8 Å². The molecule has 0 spiro atoms. The Kier molecular flexibility index (Phi) is 10.1. The van der Waals surface area contributed by atoms with Crippen molar-refractivity contribution < 1.29 is 33.0 Å². The number of carbonyl (C=O) groups excluding carboxylic acids is 1. The number of carbonyl (C=O) groups is 2. The third-order valence-electron chi connectivity index (χ3n) is 5.36. The normalized spacial score (nSPS) is 14.1. The van der Waals surface area contributed by atoms with E-state index < -0.39 is 34.5 Å². The number of ether oxygens (including phenoxy) is 1. The lowest BCUT2D eigenvalue weighted by molar-refractivity contribution is -0.138. The largest absolute Gasteiger partial charge is 0.507 e. The predicted octanol–water partition coefficient (Wildman–Crippen LogP) is 0.652. The number of carboxylic acids is 1. The van der Waals surface area contributed by atoms with E-state index in [4.69, 9.17) is 4.74 Å². The molecule has 0 bridgehead atoms. The summed E-state index contributed by atoms with van der Waals surface area (Å²) < 4.78 is 32.6. The highest BCUT2D eigenvalue weighted by Gasteiger charge is 2.26. The van der Waals surface area contributed by atoms with E-state index in [9.17, 15) is 28.2 Å². The first-order valence-corrected chi connectivity index (χ1v) is 13.3. The number of nitrogens with zero attached hydrogens (tertiary/aromatic N) is 1. The van der Waals surface area contributed by atoms with Gasteiger partial charge < -0.3 is 30.9 Å². The number of hydrogen-bond acceptors (Lipinski definition) is 9. The number of aromatic hydroxyl groups is 1. The fourth-order valence-corrected chi connectivity index (χ4v) is 4.60. The van der Waals surface area contributed by atoms with Crippen molar-refractivity contribution in [3.63, 3.8) is 0 Å². The zero-order chi connectivity index (χ0) is 26.7. The maximum atomic E-state index is 12.6. The predicted molar refractivity (Wildman–Crippen MR) is 136 cm³/mol. The molecule has 0 radical (unpaired) electrons. The van der Waals surface area contributed by atoms with Crippen LogP contribution in [0.25, 0.3) is 0 Å². The number of guanidine groups is 1. The number of nitrogens with one attached hydrogen (secondary N) is 4. The van der Waals surface area contributed by atoms with E-state index in [1.165, 1.54) is 42.5 Å². The van der Waals surface area contributed by atoms with Gasteiger partial charge >= 0.3 is 5.97 Å². The molecule has 2 aromatic carbocycles. The Hall–Kier alpha value is -3.84. The minimum absolute atomic E-state index is 0.106. The maximum Gasteiger partial charge on any atom is 0.323 e. The van der Waals surface area contributed by atoms with Gasteiger partial charge in [-0.3, -0.25) is 14.6 Å². The zero-order valence-electron chi connectivity index (χ0n) is 20.1. The van der Waals surface area contributed by atoms with Gasteiger partial charge in [0, 0.05) is 26.2 Å². The van der Waals surface area contributed by atoms with E-state index in [0.717, 1.165) is 44.9 Å². The number of phenols is 1. The van der Waals surface area contributed by atoms with E-state index in [1.54, 1.807) is 6.07 Å². The number of amides is 1. The molecule has 1 amide bonds. The van der Waals surface area contributed by atoms with Crippen LogP contribution in [-0.4, -0.2) is 75.3 Å². The first-order valence-electron chi connectivity index (χ1n) is 11.8. The summed E-state index contributed by atoms with van der Waals surface area (Å²) in [6, 6.07) is 9.81. The quantitative estimate of drug-likeness (QED) is 0.202. The number of unbranched alkanes of at least 4 members (excludes halogenated alkanes) is 1. The Morgan fingerprint density at radius 2 is 1.92 bits per heavy atom. The number of carboxylic acid groups (broad SMARTS) is 1. The number of sulfonamides is 1. The van der Waals surface area contributed by atoms with Gasteiger partial charge in [-0.1, -0.05) is 18.2 Å². The van der Waals surface area contributed by atoms with Crippen molar-refractivity contribution in [1.29, 1.82) is 0 Å². The van der Waals surface area contributed by atoms with E-state index in [2.05, 4.69) is 25.7 Å². The second-order valence-corrected chi connectivity index (χ2v) is 9.92. The molecule has 0 unspecified atom stereocenters. The third-order valence-corrected chi connectivity index (χ3v) is 6.85. The van der Waals surface area contributed by atoms with Crippen molar-refractivity contribution in [3.05, 3.63) is 54.1 Å². The molecule has 2 aromatic rings. The molecule has 3 rings (SSSR count). The third kappa shape index (κ3) is 8.65. The summed E-state index contributed by atoms with van der Waals surface area (Å²) in [4.78, 5) is 28.4. The van der Waals surface area contributed by atoms with Crippen LogP contribution in [0.3, 0.4) is 0 Å². The van der Waals surface area contributed by atoms with Gasteiger partial charge in [0.2, 0.25) is 10.0 Å². The molecular weight excluding hydrogens is 502 g/mol. The Bertz CT molecular complexity index is 1210. The van der Waals surface area contributed by atoms with Gasteiger partial charge in [-0.15, -0.1) is 0 Å². The van der Waals surface area contributed by atoms with Crippen LogP contribution in [0.15, 0.2) is 58.4 Å². The zero-order valence-corrected chi connectivity index (χ0v) is 21.0. The number of phenolic OH excluding ortho intramolecular Hbond substituents is 1. The standard InChI is InChI=1S/C24H31N5O7S/c30-21-10-9-17(36-14-5-4-11-25-24-26-12-6-13-27-24)15-19(21)22(31)28-16-20(23(32)33)29-37(34,35)18-7-2-1-3-8-18/h1-3,7-10,15,20,29-30H,4-6,11-14,16H2,(H,28,31)(H,32,33)(H2,25,26,27)/t20-/m0/s1. The minimum atomic E-state index is -4.12.